The topological polar surface area (TPSA) is 113 Å². The van der Waals surface area contributed by atoms with Crippen LogP contribution in [-0.4, -0.2) is 52.2 Å². The smallest absolute Gasteiger partial charge is 0.434 e. The van der Waals surface area contributed by atoms with Crippen LogP contribution in [0.15, 0.2) is 42.5 Å². The highest BCUT2D eigenvalue weighted by Crippen LogP contribution is 2.18. The van der Waals surface area contributed by atoms with Gasteiger partial charge in [0.05, 0.1) is 0 Å². The minimum Gasteiger partial charge on any atom is -0.492 e. The van der Waals surface area contributed by atoms with Crippen LogP contribution < -0.4 is 10.2 Å². The number of alkyl carbamates (subject to hydrolysis) is 1. The van der Waals surface area contributed by atoms with E-state index in [1.165, 1.54) is 19.2 Å². The Morgan fingerprint density at radius 2 is 1.76 bits per heavy atom. The van der Waals surface area contributed by atoms with Crippen molar-refractivity contribution in [2.75, 3.05) is 20.1 Å². The Bertz CT molecular complexity index is 696. The number of rotatable bonds is 6. The number of aromatic hydroxyl groups is 2. The first kappa shape index (κ1) is 18.0. The summed E-state index contributed by atoms with van der Waals surface area (Å²) in [5, 5.41) is 21.3. The minimum atomic E-state index is -0.818. The monoisotopic (exact) mass is 349 g/mol. The predicted octanol–water partition coefficient (Wildman–Crippen LogP) is 1.31. The number of amides is 2. The van der Waals surface area contributed by atoms with Gasteiger partial charge in [-0.15, -0.1) is 4.73 Å². The van der Waals surface area contributed by atoms with Gasteiger partial charge in [0, 0.05) is 32.3 Å². The Balaban J connectivity index is 1.68. The van der Waals surface area contributed by atoms with Crippen LogP contribution in [0.2, 0.25) is 0 Å². The highest BCUT2D eigenvalue weighted by atomic mass is 16.7. The van der Waals surface area contributed by atoms with Gasteiger partial charge >= 0.3 is 12.2 Å². The summed E-state index contributed by atoms with van der Waals surface area (Å²) in [5.41, 5.74) is 0.865. The predicted molar refractivity (Wildman–Crippen MR) is 87.0 cm³/mol. The molecule has 9 heteroatoms. The molecule has 3 N–H and O–H groups in total. The van der Waals surface area contributed by atoms with Crippen molar-refractivity contribution in [3.63, 3.8) is 0 Å². The van der Waals surface area contributed by atoms with Crippen molar-refractivity contribution < 1.29 is 29.4 Å². The molecular weight excluding hydrogens is 330 g/mol. The third-order valence-electron chi connectivity index (χ3n) is 3.21. The fourth-order valence-corrected chi connectivity index (χ4v) is 1.83. The molecular formula is C16H19N3O6. The van der Waals surface area contributed by atoms with E-state index in [4.69, 9.17) is 9.57 Å². The zero-order valence-corrected chi connectivity index (χ0v) is 13.6. The van der Waals surface area contributed by atoms with Crippen LogP contribution in [0.3, 0.4) is 0 Å². The highest BCUT2D eigenvalue weighted by molar-refractivity contribution is 5.69. The number of aromatic nitrogens is 1. The van der Waals surface area contributed by atoms with Gasteiger partial charge < -0.3 is 30.0 Å². The summed E-state index contributed by atoms with van der Waals surface area (Å²) in [6.07, 6.45) is -1.42. The van der Waals surface area contributed by atoms with Gasteiger partial charge in [-0.3, -0.25) is 0 Å². The third kappa shape index (κ3) is 5.34. The van der Waals surface area contributed by atoms with E-state index in [9.17, 15) is 19.8 Å². The van der Waals surface area contributed by atoms with Gasteiger partial charge in [-0.05, 0) is 5.56 Å². The van der Waals surface area contributed by atoms with Crippen LogP contribution in [0.5, 0.6) is 11.8 Å². The molecule has 1 aromatic heterocycles. The van der Waals surface area contributed by atoms with E-state index < -0.39 is 23.9 Å². The molecule has 2 amide bonds. The average molecular weight is 349 g/mol. The summed E-state index contributed by atoms with van der Waals surface area (Å²) >= 11 is 0. The van der Waals surface area contributed by atoms with Crippen molar-refractivity contribution in [3.8, 4) is 11.8 Å². The average Bonchev–Trinajstić information content (AvgIpc) is 2.92. The molecule has 25 heavy (non-hydrogen) atoms. The molecule has 0 aliphatic heterocycles. The number of nitrogens with zero attached hydrogens (tertiary/aromatic N) is 2. The number of benzene rings is 1. The van der Waals surface area contributed by atoms with E-state index in [1.807, 2.05) is 30.3 Å². The molecule has 0 radical (unpaired) electrons. The lowest BCUT2D eigenvalue weighted by Gasteiger charge is -2.17. The van der Waals surface area contributed by atoms with Crippen LogP contribution in [0.25, 0.3) is 0 Å². The number of hydrogen-bond donors (Lipinski definition) is 3. The van der Waals surface area contributed by atoms with Crippen LogP contribution >= 0.6 is 0 Å². The largest absolute Gasteiger partial charge is 0.492 e. The maximum atomic E-state index is 11.8. The lowest BCUT2D eigenvalue weighted by molar-refractivity contribution is 0.0807. The lowest BCUT2D eigenvalue weighted by Crippen LogP contribution is -2.39. The maximum absolute atomic E-state index is 11.8. The van der Waals surface area contributed by atoms with Gasteiger partial charge in [0.2, 0.25) is 11.8 Å². The van der Waals surface area contributed by atoms with Crippen molar-refractivity contribution in [2.45, 2.75) is 6.61 Å². The van der Waals surface area contributed by atoms with Crippen LogP contribution in [0.4, 0.5) is 9.59 Å². The zero-order chi connectivity index (χ0) is 18.2. The highest BCUT2D eigenvalue weighted by Gasteiger charge is 2.16. The Morgan fingerprint density at radius 3 is 2.40 bits per heavy atom. The van der Waals surface area contributed by atoms with Gasteiger partial charge in [0.25, 0.3) is 0 Å². The van der Waals surface area contributed by atoms with E-state index in [2.05, 4.69) is 5.32 Å². The zero-order valence-electron chi connectivity index (χ0n) is 13.6. The second kappa shape index (κ2) is 8.48. The summed E-state index contributed by atoms with van der Waals surface area (Å²) in [6, 6.07) is 11.6. The van der Waals surface area contributed by atoms with Crippen molar-refractivity contribution in [1.29, 1.82) is 0 Å². The van der Waals surface area contributed by atoms with Crippen molar-refractivity contribution >= 4 is 12.2 Å². The lowest BCUT2D eigenvalue weighted by atomic mass is 10.2. The Kier molecular flexibility index (Phi) is 6.10. The summed E-state index contributed by atoms with van der Waals surface area (Å²) in [4.78, 5) is 29.4. The standard InChI is InChI=1S/C16H19N3O6/c1-18(16(23)25-19-13(20)7-8-14(19)21)10-9-17-15(22)24-11-12-5-3-2-4-6-12/h2-8,20-21H,9-11H2,1H3,(H,17,22). The van der Waals surface area contributed by atoms with Crippen LogP contribution in [0, 0.1) is 0 Å². The minimum absolute atomic E-state index is 0.141. The van der Waals surface area contributed by atoms with E-state index in [0.717, 1.165) is 10.5 Å². The number of likely N-dealkylation sites (N-methyl/N-ethyl adjacent to an activating group) is 1. The molecule has 1 heterocycles. The molecule has 2 aromatic rings. The molecule has 2 rings (SSSR count). The van der Waals surface area contributed by atoms with Gasteiger partial charge in [0.15, 0.2) is 0 Å². The van der Waals surface area contributed by atoms with Crippen molar-refractivity contribution in [3.05, 3.63) is 48.0 Å². The molecule has 0 unspecified atom stereocenters. The van der Waals surface area contributed by atoms with Gasteiger partial charge in [-0.2, -0.15) is 0 Å². The summed E-state index contributed by atoms with van der Waals surface area (Å²) in [5.74, 6) is -0.830. The van der Waals surface area contributed by atoms with E-state index in [1.54, 1.807) is 0 Å². The first-order chi connectivity index (χ1) is 12.0. The molecule has 0 bridgehead atoms. The van der Waals surface area contributed by atoms with E-state index in [-0.39, 0.29) is 19.7 Å². The second-order valence-corrected chi connectivity index (χ2v) is 5.11. The summed E-state index contributed by atoms with van der Waals surface area (Å²) in [7, 11) is 1.44. The molecule has 0 saturated carbocycles. The maximum Gasteiger partial charge on any atom is 0.434 e. The SMILES string of the molecule is CN(CCNC(=O)OCc1ccccc1)C(=O)On1c(O)ccc1O. The van der Waals surface area contributed by atoms with Crippen molar-refractivity contribution in [2.24, 2.45) is 0 Å². The van der Waals surface area contributed by atoms with Gasteiger partial charge in [0.1, 0.15) is 6.61 Å². The van der Waals surface area contributed by atoms with Gasteiger partial charge in [-0.1, -0.05) is 30.3 Å². The Labute approximate surface area is 143 Å². The van der Waals surface area contributed by atoms with E-state index >= 15 is 0 Å². The molecule has 1 aromatic carbocycles. The van der Waals surface area contributed by atoms with Crippen molar-refractivity contribution in [1.82, 2.24) is 14.9 Å². The Morgan fingerprint density at radius 1 is 1.12 bits per heavy atom. The van der Waals surface area contributed by atoms with Gasteiger partial charge in [-0.25, -0.2) is 9.59 Å². The summed E-state index contributed by atoms with van der Waals surface area (Å²) in [6.45, 7) is 0.432. The molecule has 134 valence electrons. The molecule has 0 saturated heterocycles. The third-order valence-corrected chi connectivity index (χ3v) is 3.21. The molecule has 0 atom stereocenters. The molecule has 0 aliphatic rings. The first-order valence-electron chi connectivity index (χ1n) is 7.45. The number of carbonyl (C=O) groups is 2. The molecule has 0 aliphatic carbocycles. The number of ether oxygens (including phenoxy) is 1. The fraction of sp³-hybridized carbons (Fsp3) is 0.250. The second-order valence-electron chi connectivity index (χ2n) is 5.11. The fourth-order valence-electron chi connectivity index (χ4n) is 1.83. The molecule has 0 spiro atoms. The first-order valence-corrected chi connectivity index (χ1v) is 7.45. The van der Waals surface area contributed by atoms with E-state index in [0.29, 0.717) is 4.73 Å². The molecule has 9 nitrogen and oxygen atoms in total. The number of hydrogen-bond acceptors (Lipinski definition) is 6. The number of nitrogens with one attached hydrogen (secondary N) is 1. The summed E-state index contributed by atoms with van der Waals surface area (Å²) < 4.78 is 5.62. The van der Waals surface area contributed by atoms with Crippen LogP contribution in [0.1, 0.15) is 5.56 Å². The quantitative estimate of drug-likeness (QED) is 0.725. The molecule has 0 fully saturated rings. The van der Waals surface area contributed by atoms with Crippen LogP contribution in [-0.2, 0) is 11.3 Å². The Hall–Kier alpha value is -3.36. The normalized spacial score (nSPS) is 10.1. The number of carbonyl (C=O) groups excluding carboxylic acids is 2.